The van der Waals surface area contributed by atoms with Gasteiger partial charge in [-0.25, -0.2) is 0 Å². The highest BCUT2D eigenvalue weighted by atomic mass is 28.3. The number of nitrogens with zero attached hydrogens (tertiary/aromatic N) is 2. The molecule has 0 aromatic heterocycles. The number of likely N-dealkylation sites (tertiary alicyclic amines) is 1. The average molecular weight is 339 g/mol. The van der Waals surface area contributed by atoms with Crippen molar-refractivity contribution in [3.05, 3.63) is 0 Å². The van der Waals surface area contributed by atoms with E-state index >= 15 is 0 Å². The summed E-state index contributed by atoms with van der Waals surface area (Å²) in [5, 5.41) is 0. The summed E-state index contributed by atoms with van der Waals surface area (Å²) in [7, 11) is 0.929. The van der Waals surface area contributed by atoms with Crippen molar-refractivity contribution in [2.45, 2.75) is 71.0 Å². The number of imide groups is 1. The molecule has 0 N–H and O–H groups in total. The van der Waals surface area contributed by atoms with Crippen LogP contribution >= 0.6 is 0 Å². The van der Waals surface area contributed by atoms with Gasteiger partial charge in [-0.3, -0.25) is 14.5 Å². The van der Waals surface area contributed by atoms with Crippen molar-refractivity contribution in [1.82, 2.24) is 9.47 Å². The van der Waals surface area contributed by atoms with E-state index < -0.39 is 8.24 Å². The molecule has 132 valence electrons. The number of fused-ring (bicyclic) bond motifs is 1. The predicted molar refractivity (Wildman–Crippen MR) is 96.6 cm³/mol. The van der Waals surface area contributed by atoms with Crippen LogP contribution in [0.2, 0.25) is 18.1 Å². The number of rotatable bonds is 8. The van der Waals surface area contributed by atoms with Crippen molar-refractivity contribution < 1.29 is 9.59 Å². The Balaban J connectivity index is 1.88. The molecule has 0 radical (unpaired) electrons. The van der Waals surface area contributed by atoms with E-state index in [0.29, 0.717) is 6.54 Å². The Labute approximate surface area is 142 Å². The average Bonchev–Trinajstić information content (AvgIpc) is 2.82. The highest BCUT2D eigenvalue weighted by Crippen LogP contribution is 2.38. The van der Waals surface area contributed by atoms with Crippen LogP contribution in [0.1, 0.15) is 52.9 Å². The first-order valence-corrected chi connectivity index (χ1v) is 12.1. The van der Waals surface area contributed by atoms with Gasteiger partial charge in [-0.2, -0.15) is 0 Å². The van der Waals surface area contributed by atoms with E-state index in [1.165, 1.54) is 18.1 Å². The molecule has 0 aromatic carbocycles. The molecule has 0 bridgehead atoms. The van der Waals surface area contributed by atoms with E-state index in [-0.39, 0.29) is 23.7 Å². The van der Waals surface area contributed by atoms with Gasteiger partial charge in [-0.05, 0) is 51.0 Å². The van der Waals surface area contributed by atoms with Gasteiger partial charge in [-0.1, -0.05) is 33.6 Å². The Morgan fingerprint density at radius 2 is 1.48 bits per heavy atom. The van der Waals surface area contributed by atoms with Crippen LogP contribution in [-0.2, 0) is 9.59 Å². The van der Waals surface area contributed by atoms with Crippen LogP contribution < -0.4 is 0 Å². The third kappa shape index (κ3) is 3.55. The maximum Gasteiger partial charge on any atom is 0.233 e. The molecule has 1 heterocycles. The zero-order chi connectivity index (χ0) is 17.0. The normalized spacial score (nSPS) is 25.3. The van der Waals surface area contributed by atoms with E-state index in [1.807, 2.05) is 0 Å². The van der Waals surface area contributed by atoms with Gasteiger partial charge in [0, 0.05) is 6.54 Å². The van der Waals surface area contributed by atoms with Gasteiger partial charge in [-0.15, -0.1) is 0 Å². The Bertz CT molecular complexity index is 404. The molecular formula is C18H34N2O2Si. The quantitative estimate of drug-likeness (QED) is 0.502. The first-order valence-electron chi connectivity index (χ1n) is 9.57. The molecule has 2 unspecified atom stereocenters. The highest BCUT2D eigenvalue weighted by molar-refractivity contribution is 6.76. The van der Waals surface area contributed by atoms with Crippen molar-refractivity contribution in [3.63, 3.8) is 0 Å². The fourth-order valence-corrected chi connectivity index (χ4v) is 8.47. The molecule has 1 saturated heterocycles. The number of carbonyl (C=O) groups excluding carboxylic acids is 2. The number of hydrogen-bond acceptors (Lipinski definition) is 3. The fraction of sp³-hybridized carbons (Fsp3) is 0.889. The molecule has 4 nitrogen and oxygen atoms in total. The van der Waals surface area contributed by atoms with Gasteiger partial charge in [0.05, 0.1) is 11.8 Å². The lowest BCUT2D eigenvalue weighted by atomic mass is 9.81. The lowest BCUT2D eigenvalue weighted by molar-refractivity contribution is -0.139. The molecule has 1 saturated carbocycles. The molecule has 2 amide bonds. The SMILES string of the molecule is CC[Si](CC)(CC)N(C)CCCN1C(=O)C2CCCCC2C1=O. The molecule has 2 atom stereocenters. The monoisotopic (exact) mass is 338 g/mol. The largest absolute Gasteiger partial charge is 0.326 e. The molecule has 1 aliphatic carbocycles. The maximum atomic E-state index is 12.5. The summed E-state index contributed by atoms with van der Waals surface area (Å²) in [5.41, 5.74) is 0. The molecule has 5 heteroatoms. The van der Waals surface area contributed by atoms with Crippen molar-refractivity contribution >= 4 is 20.0 Å². The van der Waals surface area contributed by atoms with Crippen LogP contribution in [0.15, 0.2) is 0 Å². The van der Waals surface area contributed by atoms with Crippen molar-refractivity contribution in [2.75, 3.05) is 20.1 Å². The van der Waals surface area contributed by atoms with Gasteiger partial charge < -0.3 is 4.57 Å². The second-order valence-electron chi connectivity index (χ2n) is 7.39. The number of hydrogen-bond donors (Lipinski definition) is 0. The third-order valence-electron chi connectivity index (χ3n) is 6.59. The van der Waals surface area contributed by atoms with Crippen LogP contribution in [0.5, 0.6) is 0 Å². The Kier molecular flexibility index (Phi) is 6.43. The van der Waals surface area contributed by atoms with Gasteiger partial charge in [0.1, 0.15) is 8.24 Å². The second kappa shape index (κ2) is 7.93. The maximum absolute atomic E-state index is 12.5. The van der Waals surface area contributed by atoms with E-state index in [0.717, 1.165) is 38.6 Å². The molecule has 23 heavy (non-hydrogen) atoms. The first-order chi connectivity index (χ1) is 11.0. The summed E-state index contributed by atoms with van der Waals surface area (Å²) in [5.74, 6) is 0.244. The molecular weight excluding hydrogens is 304 g/mol. The summed E-state index contributed by atoms with van der Waals surface area (Å²) in [6, 6.07) is 3.84. The first kappa shape index (κ1) is 18.7. The molecule has 2 rings (SSSR count). The minimum absolute atomic E-state index is 0.00405. The van der Waals surface area contributed by atoms with Gasteiger partial charge in [0.15, 0.2) is 0 Å². The summed E-state index contributed by atoms with van der Waals surface area (Å²) >= 11 is 0. The zero-order valence-corrected chi connectivity index (χ0v) is 16.4. The van der Waals surface area contributed by atoms with Gasteiger partial charge >= 0.3 is 0 Å². The lowest BCUT2D eigenvalue weighted by Gasteiger charge is -2.38. The number of carbonyl (C=O) groups is 2. The Morgan fingerprint density at radius 3 is 1.91 bits per heavy atom. The summed E-state index contributed by atoms with van der Waals surface area (Å²) in [6.07, 6.45) is 4.97. The smallest absolute Gasteiger partial charge is 0.233 e. The van der Waals surface area contributed by atoms with Crippen LogP contribution in [0.3, 0.4) is 0 Å². The van der Waals surface area contributed by atoms with Crippen molar-refractivity contribution in [3.8, 4) is 0 Å². The van der Waals surface area contributed by atoms with Gasteiger partial charge in [0.25, 0.3) is 0 Å². The predicted octanol–water partition coefficient (Wildman–Crippen LogP) is 3.49. The minimum atomic E-state index is -1.32. The molecule has 1 aliphatic heterocycles. The third-order valence-corrected chi connectivity index (χ3v) is 12.4. The highest BCUT2D eigenvalue weighted by Gasteiger charge is 2.47. The minimum Gasteiger partial charge on any atom is -0.326 e. The summed E-state index contributed by atoms with van der Waals surface area (Å²) in [6.45, 7) is 8.57. The topological polar surface area (TPSA) is 40.6 Å². The number of amides is 2. The van der Waals surface area contributed by atoms with E-state index in [4.69, 9.17) is 0 Å². The van der Waals surface area contributed by atoms with Crippen LogP contribution in [0.25, 0.3) is 0 Å². The van der Waals surface area contributed by atoms with Crippen molar-refractivity contribution in [1.29, 1.82) is 0 Å². The standard InChI is InChI=1S/C18H34N2O2Si/c1-5-23(6-2,7-3)19(4)13-10-14-20-17(21)15-11-8-9-12-16(15)18(20)22/h15-16H,5-14H2,1-4H3. The Hall–Kier alpha value is -0.683. The van der Waals surface area contributed by atoms with E-state index in [2.05, 4.69) is 32.4 Å². The molecule has 0 aromatic rings. The van der Waals surface area contributed by atoms with E-state index in [9.17, 15) is 9.59 Å². The van der Waals surface area contributed by atoms with Crippen LogP contribution in [0.4, 0.5) is 0 Å². The van der Waals surface area contributed by atoms with E-state index in [1.54, 1.807) is 4.90 Å². The van der Waals surface area contributed by atoms with Gasteiger partial charge in [0.2, 0.25) is 11.8 Å². The summed E-state index contributed by atoms with van der Waals surface area (Å²) in [4.78, 5) is 26.6. The Morgan fingerprint density at radius 1 is 1.00 bits per heavy atom. The van der Waals surface area contributed by atoms with Crippen LogP contribution in [0, 0.1) is 11.8 Å². The summed E-state index contributed by atoms with van der Waals surface area (Å²) < 4.78 is 2.57. The van der Waals surface area contributed by atoms with Crippen molar-refractivity contribution in [2.24, 2.45) is 11.8 Å². The molecule has 2 fully saturated rings. The fourth-order valence-electron chi connectivity index (χ4n) is 4.71. The second-order valence-corrected chi connectivity index (χ2v) is 12.7. The molecule has 0 spiro atoms. The van der Waals surface area contributed by atoms with Crippen LogP contribution in [-0.4, -0.2) is 49.7 Å². The zero-order valence-electron chi connectivity index (χ0n) is 15.4. The molecule has 2 aliphatic rings. The lowest BCUT2D eigenvalue weighted by Crippen LogP contribution is -2.50.